The largest absolute Gasteiger partial charge is 0.481 e. The van der Waals surface area contributed by atoms with Crippen LogP contribution in [-0.4, -0.2) is 11.1 Å². The predicted molar refractivity (Wildman–Crippen MR) is 59.2 cm³/mol. The molecule has 14 heavy (non-hydrogen) atoms. The lowest BCUT2D eigenvalue weighted by molar-refractivity contribution is -0.148. The van der Waals surface area contributed by atoms with Gasteiger partial charge in [-0.2, -0.15) is 0 Å². The van der Waals surface area contributed by atoms with E-state index in [0.29, 0.717) is 6.42 Å². The van der Waals surface area contributed by atoms with Crippen LogP contribution in [0.15, 0.2) is 12.2 Å². The number of hydrogen-bond donors (Lipinski definition) is 1. The van der Waals surface area contributed by atoms with E-state index in [1.807, 2.05) is 6.92 Å². The van der Waals surface area contributed by atoms with E-state index in [9.17, 15) is 4.79 Å². The Balaban J connectivity index is 4.49. The molecule has 0 atom stereocenters. The maximum Gasteiger partial charge on any atom is 0.309 e. The molecule has 2 heteroatoms. The minimum absolute atomic E-state index is 0.00766. The molecule has 0 aliphatic carbocycles. The zero-order chi connectivity index (χ0) is 11.6. The second-order valence-corrected chi connectivity index (χ2v) is 5.66. The van der Waals surface area contributed by atoms with Crippen molar-refractivity contribution < 1.29 is 9.90 Å². The number of carbonyl (C=O) groups is 1. The van der Waals surface area contributed by atoms with Gasteiger partial charge in [-0.25, -0.2) is 0 Å². The van der Waals surface area contributed by atoms with Crippen LogP contribution in [0.4, 0.5) is 0 Å². The predicted octanol–water partition coefficient (Wildman–Crippen LogP) is 3.48. The van der Waals surface area contributed by atoms with E-state index < -0.39 is 11.4 Å². The molecule has 0 aromatic carbocycles. The highest BCUT2D eigenvalue weighted by atomic mass is 16.4. The Morgan fingerprint density at radius 3 is 2.00 bits per heavy atom. The van der Waals surface area contributed by atoms with Gasteiger partial charge in [-0.3, -0.25) is 4.79 Å². The Kier molecular flexibility index (Phi) is 3.92. The summed E-state index contributed by atoms with van der Waals surface area (Å²) in [5, 5.41) is 9.02. The van der Waals surface area contributed by atoms with Crippen LogP contribution in [0.2, 0.25) is 0 Å². The first-order chi connectivity index (χ1) is 6.07. The molecule has 0 saturated heterocycles. The molecule has 0 fully saturated rings. The highest BCUT2D eigenvalue weighted by Crippen LogP contribution is 2.37. The van der Waals surface area contributed by atoms with E-state index in [1.165, 1.54) is 0 Å². The Bertz CT molecular complexity index is 237. The fourth-order valence-corrected chi connectivity index (χ4v) is 2.15. The first kappa shape index (κ1) is 13.2. The second kappa shape index (κ2) is 4.16. The third kappa shape index (κ3) is 4.45. The van der Waals surface area contributed by atoms with E-state index >= 15 is 0 Å². The lowest BCUT2D eigenvalue weighted by Crippen LogP contribution is -2.30. The molecule has 0 unspecified atom stereocenters. The quantitative estimate of drug-likeness (QED) is 0.687. The third-order valence-electron chi connectivity index (χ3n) is 2.28. The summed E-state index contributed by atoms with van der Waals surface area (Å²) in [6.45, 7) is 13.6. The lowest BCUT2D eigenvalue weighted by atomic mass is 9.72. The van der Waals surface area contributed by atoms with E-state index in [0.717, 1.165) is 12.0 Å². The molecule has 0 amide bonds. The lowest BCUT2D eigenvalue weighted by Gasteiger charge is -2.32. The number of carboxylic acids is 1. The molecule has 1 N–H and O–H groups in total. The van der Waals surface area contributed by atoms with Crippen LogP contribution in [0.1, 0.15) is 47.5 Å². The van der Waals surface area contributed by atoms with Crippen LogP contribution in [0, 0.1) is 10.8 Å². The van der Waals surface area contributed by atoms with Crippen molar-refractivity contribution >= 4 is 5.97 Å². The zero-order valence-corrected chi connectivity index (χ0v) is 9.98. The summed E-state index contributed by atoms with van der Waals surface area (Å²) in [5.41, 5.74) is 0.461. The van der Waals surface area contributed by atoms with Crippen molar-refractivity contribution in [2.75, 3.05) is 0 Å². The summed E-state index contributed by atoms with van der Waals surface area (Å²) in [6, 6.07) is 0. The molecule has 0 spiro atoms. The van der Waals surface area contributed by atoms with E-state index in [1.54, 1.807) is 13.8 Å². The maximum absolute atomic E-state index is 11.0. The van der Waals surface area contributed by atoms with Gasteiger partial charge in [0.15, 0.2) is 0 Å². The van der Waals surface area contributed by atoms with Crippen molar-refractivity contribution in [1.29, 1.82) is 0 Å². The molecular weight excluding hydrogens is 176 g/mol. The van der Waals surface area contributed by atoms with Gasteiger partial charge in [0.05, 0.1) is 5.41 Å². The van der Waals surface area contributed by atoms with Gasteiger partial charge in [0, 0.05) is 0 Å². The Morgan fingerprint density at radius 2 is 1.71 bits per heavy atom. The van der Waals surface area contributed by atoms with Crippen LogP contribution in [0.25, 0.3) is 0 Å². The molecule has 0 bridgehead atoms. The van der Waals surface area contributed by atoms with Gasteiger partial charge in [-0.1, -0.05) is 19.4 Å². The average molecular weight is 198 g/mol. The molecule has 0 aromatic heterocycles. The first-order valence-electron chi connectivity index (χ1n) is 4.95. The van der Waals surface area contributed by atoms with E-state index in [-0.39, 0.29) is 5.41 Å². The fraction of sp³-hybridized carbons (Fsp3) is 0.750. The first-order valence-corrected chi connectivity index (χ1v) is 4.95. The van der Waals surface area contributed by atoms with Gasteiger partial charge in [-0.15, -0.1) is 6.58 Å². The van der Waals surface area contributed by atoms with Crippen molar-refractivity contribution in [2.24, 2.45) is 10.8 Å². The second-order valence-electron chi connectivity index (χ2n) is 5.66. The molecular formula is C12H22O2. The summed E-state index contributed by atoms with van der Waals surface area (Å²) in [6.07, 6.45) is 1.55. The van der Waals surface area contributed by atoms with Gasteiger partial charge >= 0.3 is 5.97 Å². The number of hydrogen-bond acceptors (Lipinski definition) is 1. The number of carboxylic acid groups (broad SMARTS) is 1. The Hall–Kier alpha value is -0.790. The van der Waals surface area contributed by atoms with Gasteiger partial charge in [0.2, 0.25) is 0 Å². The topological polar surface area (TPSA) is 37.3 Å². The van der Waals surface area contributed by atoms with Crippen molar-refractivity contribution in [3.8, 4) is 0 Å². The normalized spacial score (nSPS) is 12.6. The molecule has 0 aromatic rings. The SMILES string of the molecule is C=C(C)CC(C)(C)CC(C)(C)C(=O)O. The number of allylic oxidation sites excluding steroid dienone is 1. The standard InChI is InChI=1S/C12H22O2/c1-9(2)7-11(3,4)8-12(5,6)10(13)14/h1,7-8H2,2-6H3,(H,13,14). The molecule has 0 rings (SSSR count). The molecule has 0 saturated carbocycles. The maximum atomic E-state index is 11.0. The summed E-state index contributed by atoms with van der Waals surface area (Å²) < 4.78 is 0. The molecule has 0 radical (unpaired) electrons. The minimum atomic E-state index is -0.729. The summed E-state index contributed by atoms with van der Waals surface area (Å²) in [4.78, 5) is 11.0. The van der Waals surface area contributed by atoms with Crippen molar-refractivity contribution in [2.45, 2.75) is 47.5 Å². The van der Waals surface area contributed by atoms with Crippen LogP contribution >= 0.6 is 0 Å². The minimum Gasteiger partial charge on any atom is -0.481 e. The summed E-state index contributed by atoms with van der Waals surface area (Å²) in [5.74, 6) is -0.729. The van der Waals surface area contributed by atoms with Crippen LogP contribution < -0.4 is 0 Å². The molecule has 0 aliphatic heterocycles. The van der Waals surface area contributed by atoms with Gasteiger partial charge in [0.1, 0.15) is 0 Å². The highest BCUT2D eigenvalue weighted by Gasteiger charge is 2.34. The van der Waals surface area contributed by atoms with Crippen LogP contribution in [0.5, 0.6) is 0 Å². The monoisotopic (exact) mass is 198 g/mol. The van der Waals surface area contributed by atoms with Crippen molar-refractivity contribution in [3.05, 3.63) is 12.2 Å². The Morgan fingerprint density at radius 1 is 1.29 bits per heavy atom. The molecule has 82 valence electrons. The Labute approximate surface area is 87.0 Å². The highest BCUT2D eigenvalue weighted by molar-refractivity contribution is 5.73. The number of rotatable bonds is 5. The average Bonchev–Trinajstić information content (AvgIpc) is 1.79. The van der Waals surface area contributed by atoms with Gasteiger partial charge in [-0.05, 0) is 39.0 Å². The van der Waals surface area contributed by atoms with Crippen molar-refractivity contribution in [3.63, 3.8) is 0 Å². The van der Waals surface area contributed by atoms with Crippen LogP contribution in [-0.2, 0) is 4.79 Å². The smallest absolute Gasteiger partial charge is 0.309 e. The summed E-state index contributed by atoms with van der Waals surface area (Å²) in [7, 11) is 0. The molecule has 0 aliphatic rings. The molecule has 2 nitrogen and oxygen atoms in total. The number of aliphatic carboxylic acids is 1. The van der Waals surface area contributed by atoms with Gasteiger partial charge in [0.25, 0.3) is 0 Å². The fourth-order valence-electron chi connectivity index (χ4n) is 2.15. The van der Waals surface area contributed by atoms with E-state index in [2.05, 4.69) is 20.4 Å². The van der Waals surface area contributed by atoms with Gasteiger partial charge < -0.3 is 5.11 Å². The zero-order valence-electron chi connectivity index (χ0n) is 9.98. The van der Waals surface area contributed by atoms with Crippen molar-refractivity contribution in [1.82, 2.24) is 0 Å². The molecule has 0 heterocycles. The third-order valence-corrected chi connectivity index (χ3v) is 2.28. The van der Waals surface area contributed by atoms with Crippen LogP contribution in [0.3, 0.4) is 0 Å². The summed E-state index contributed by atoms with van der Waals surface area (Å²) >= 11 is 0. The van der Waals surface area contributed by atoms with E-state index in [4.69, 9.17) is 5.11 Å².